The number of carbonyl (C=O) groups excluding carboxylic acids is 1. The average Bonchev–Trinajstić information content (AvgIpc) is 2.03. The first-order valence-electron chi connectivity index (χ1n) is 4.12. The molecule has 12 heavy (non-hydrogen) atoms. The molecule has 0 aromatic heterocycles. The van der Waals surface area contributed by atoms with Crippen LogP contribution in [0.25, 0.3) is 0 Å². The summed E-state index contributed by atoms with van der Waals surface area (Å²) in [6.45, 7) is 2.73. The highest BCUT2D eigenvalue weighted by Gasteiger charge is 1.98. The van der Waals surface area contributed by atoms with E-state index >= 15 is 0 Å². The molecule has 2 N–H and O–H groups in total. The molecule has 0 aliphatic carbocycles. The molecule has 0 aliphatic heterocycles. The zero-order valence-electron chi connectivity index (χ0n) is 7.67. The summed E-state index contributed by atoms with van der Waals surface area (Å²) in [7, 11) is 1.36. The van der Waals surface area contributed by atoms with Gasteiger partial charge < -0.3 is 15.2 Å². The Morgan fingerprint density at radius 3 is 2.83 bits per heavy atom. The molecule has 0 heterocycles. The summed E-state index contributed by atoms with van der Waals surface area (Å²) in [6.07, 6.45) is 1.37. The highest BCUT2D eigenvalue weighted by Crippen LogP contribution is 1.92. The van der Waals surface area contributed by atoms with Gasteiger partial charge >= 0.3 is 5.97 Å². The summed E-state index contributed by atoms with van der Waals surface area (Å²) in [5, 5.41) is 11.8. The van der Waals surface area contributed by atoms with Crippen molar-refractivity contribution < 1.29 is 14.6 Å². The quantitative estimate of drug-likeness (QED) is 0.437. The smallest absolute Gasteiger partial charge is 0.319 e. The van der Waals surface area contributed by atoms with E-state index in [0.717, 1.165) is 19.4 Å². The Balaban J connectivity index is 3.05. The van der Waals surface area contributed by atoms with Gasteiger partial charge in [-0.15, -0.1) is 0 Å². The summed E-state index contributed by atoms with van der Waals surface area (Å²) >= 11 is 0. The van der Waals surface area contributed by atoms with Gasteiger partial charge in [-0.3, -0.25) is 4.79 Å². The van der Waals surface area contributed by atoms with Crippen LogP contribution in [0.3, 0.4) is 0 Å². The molecule has 0 aromatic rings. The largest absolute Gasteiger partial charge is 0.468 e. The Kier molecular flexibility index (Phi) is 6.70. The van der Waals surface area contributed by atoms with Crippen LogP contribution >= 0.6 is 0 Å². The standard InChI is InChI=1S/C8H17NO3/c1-7(10)4-3-5-9-6-8(11)12-2/h7,9-10H,3-6H2,1-2H3. The highest BCUT2D eigenvalue weighted by molar-refractivity contribution is 5.71. The highest BCUT2D eigenvalue weighted by atomic mass is 16.5. The topological polar surface area (TPSA) is 58.6 Å². The number of hydrogen-bond donors (Lipinski definition) is 2. The van der Waals surface area contributed by atoms with E-state index in [1.165, 1.54) is 7.11 Å². The van der Waals surface area contributed by atoms with Crippen LogP contribution in [0.4, 0.5) is 0 Å². The van der Waals surface area contributed by atoms with Crippen molar-refractivity contribution in [2.75, 3.05) is 20.2 Å². The van der Waals surface area contributed by atoms with Crippen LogP contribution in [0.15, 0.2) is 0 Å². The van der Waals surface area contributed by atoms with Crippen molar-refractivity contribution in [3.8, 4) is 0 Å². The average molecular weight is 175 g/mol. The number of nitrogens with one attached hydrogen (secondary N) is 1. The number of methoxy groups -OCH3 is 1. The minimum atomic E-state index is -0.259. The molecule has 0 aliphatic rings. The van der Waals surface area contributed by atoms with Gasteiger partial charge in [0.2, 0.25) is 0 Å². The van der Waals surface area contributed by atoms with Crippen molar-refractivity contribution in [2.24, 2.45) is 0 Å². The number of aliphatic hydroxyl groups excluding tert-OH is 1. The summed E-state index contributed by atoms with van der Waals surface area (Å²) in [5.74, 6) is -0.257. The Morgan fingerprint density at radius 2 is 2.33 bits per heavy atom. The molecule has 0 saturated carbocycles. The van der Waals surface area contributed by atoms with Crippen LogP contribution < -0.4 is 5.32 Å². The van der Waals surface area contributed by atoms with E-state index in [9.17, 15) is 4.79 Å². The predicted molar refractivity (Wildman–Crippen MR) is 45.8 cm³/mol. The lowest BCUT2D eigenvalue weighted by atomic mass is 10.2. The zero-order chi connectivity index (χ0) is 9.40. The first kappa shape index (κ1) is 11.4. The Morgan fingerprint density at radius 1 is 1.67 bits per heavy atom. The molecule has 0 aromatic carbocycles. The summed E-state index contributed by atoms with van der Waals surface area (Å²) in [4.78, 5) is 10.6. The first-order chi connectivity index (χ1) is 5.66. The Bertz CT molecular complexity index is 125. The lowest BCUT2D eigenvalue weighted by Gasteiger charge is -2.04. The van der Waals surface area contributed by atoms with Crippen LogP contribution in [0.2, 0.25) is 0 Å². The van der Waals surface area contributed by atoms with Gasteiger partial charge in [-0.2, -0.15) is 0 Å². The fraction of sp³-hybridized carbons (Fsp3) is 0.875. The maximum atomic E-state index is 10.6. The van der Waals surface area contributed by atoms with E-state index in [2.05, 4.69) is 10.1 Å². The van der Waals surface area contributed by atoms with Crippen LogP contribution in [0, 0.1) is 0 Å². The predicted octanol–water partition coefficient (Wildman–Crippen LogP) is -0.0900. The Hall–Kier alpha value is -0.610. The van der Waals surface area contributed by atoms with Gasteiger partial charge in [0.05, 0.1) is 19.8 Å². The molecule has 0 fully saturated rings. The van der Waals surface area contributed by atoms with Crippen LogP contribution in [0.5, 0.6) is 0 Å². The molecule has 0 spiro atoms. The van der Waals surface area contributed by atoms with Crippen molar-refractivity contribution in [3.63, 3.8) is 0 Å². The summed E-state index contributed by atoms with van der Waals surface area (Å²) in [6, 6.07) is 0. The van der Waals surface area contributed by atoms with E-state index in [1.807, 2.05) is 0 Å². The number of aliphatic hydroxyl groups is 1. The fourth-order valence-electron chi connectivity index (χ4n) is 0.785. The van der Waals surface area contributed by atoms with E-state index in [4.69, 9.17) is 5.11 Å². The second kappa shape index (κ2) is 7.06. The van der Waals surface area contributed by atoms with Gasteiger partial charge in [0, 0.05) is 0 Å². The van der Waals surface area contributed by atoms with E-state index in [1.54, 1.807) is 6.92 Å². The molecule has 0 radical (unpaired) electrons. The molecule has 0 bridgehead atoms. The van der Waals surface area contributed by atoms with Gasteiger partial charge in [0.1, 0.15) is 0 Å². The van der Waals surface area contributed by atoms with Crippen LogP contribution in [0.1, 0.15) is 19.8 Å². The fourth-order valence-corrected chi connectivity index (χ4v) is 0.785. The van der Waals surface area contributed by atoms with Crippen molar-refractivity contribution in [1.82, 2.24) is 5.32 Å². The molecule has 72 valence electrons. The zero-order valence-corrected chi connectivity index (χ0v) is 7.67. The minimum Gasteiger partial charge on any atom is -0.468 e. The lowest BCUT2D eigenvalue weighted by molar-refractivity contribution is -0.139. The monoisotopic (exact) mass is 175 g/mol. The van der Waals surface area contributed by atoms with Crippen LogP contribution in [-0.2, 0) is 9.53 Å². The van der Waals surface area contributed by atoms with Gasteiger partial charge in [0.25, 0.3) is 0 Å². The van der Waals surface area contributed by atoms with Crippen molar-refractivity contribution in [3.05, 3.63) is 0 Å². The second-order valence-corrected chi connectivity index (χ2v) is 2.74. The molecule has 1 unspecified atom stereocenters. The first-order valence-corrected chi connectivity index (χ1v) is 4.12. The molecule has 4 nitrogen and oxygen atoms in total. The Labute approximate surface area is 72.9 Å². The third kappa shape index (κ3) is 7.50. The summed E-state index contributed by atoms with van der Waals surface area (Å²) < 4.78 is 4.43. The van der Waals surface area contributed by atoms with E-state index in [-0.39, 0.29) is 18.6 Å². The minimum absolute atomic E-state index is 0.246. The van der Waals surface area contributed by atoms with Crippen molar-refractivity contribution in [1.29, 1.82) is 0 Å². The van der Waals surface area contributed by atoms with E-state index < -0.39 is 0 Å². The summed E-state index contributed by atoms with van der Waals surface area (Å²) in [5.41, 5.74) is 0. The van der Waals surface area contributed by atoms with Gasteiger partial charge in [0.15, 0.2) is 0 Å². The lowest BCUT2D eigenvalue weighted by Crippen LogP contribution is -2.25. The second-order valence-electron chi connectivity index (χ2n) is 2.74. The van der Waals surface area contributed by atoms with Gasteiger partial charge in [-0.1, -0.05) is 0 Å². The maximum Gasteiger partial charge on any atom is 0.319 e. The number of ether oxygens (including phenoxy) is 1. The number of esters is 1. The molecule has 0 amide bonds. The number of carbonyl (C=O) groups is 1. The van der Waals surface area contributed by atoms with Gasteiger partial charge in [-0.05, 0) is 26.3 Å². The number of hydrogen-bond acceptors (Lipinski definition) is 4. The third-order valence-electron chi connectivity index (χ3n) is 1.47. The molecule has 4 heteroatoms. The molecular formula is C8H17NO3. The normalized spacial score (nSPS) is 12.6. The van der Waals surface area contributed by atoms with E-state index in [0.29, 0.717) is 0 Å². The molecule has 0 saturated heterocycles. The molecule has 0 rings (SSSR count). The SMILES string of the molecule is COC(=O)CNCCCC(C)O. The third-order valence-corrected chi connectivity index (χ3v) is 1.47. The number of rotatable bonds is 6. The van der Waals surface area contributed by atoms with Crippen molar-refractivity contribution >= 4 is 5.97 Å². The van der Waals surface area contributed by atoms with Crippen LogP contribution in [-0.4, -0.2) is 37.4 Å². The van der Waals surface area contributed by atoms with Crippen molar-refractivity contribution in [2.45, 2.75) is 25.9 Å². The maximum absolute atomic E-state index is 10.6. The molecule has 1 atom stereocenters. The van der Waals surface area contributed by atoms with Gasteiger partial charge in [-0.25, -0.2) is 0 Å². The molecular weight excluding hydrogens is 158 g/mol.